The number of para-hydroxylation sites is 1. The standard InChI is InChI=1S/C22H23N3O5/c1-30-20-9-5-2-6-16(20)14-19(22(27)23-17-7-3-4-8-17)24-21(26)15-10-12-18(13-11-15)25(28)29/h2,5-6,9-14,17H,3-4,7-8H2,1H3,(H,23,27)(H,24,26). The van der Waals surface area contributed by atoms with Crippen LogP contribution in [0.2, 0.25) is 0 Å². The molecule has 8 heteroatoms. The van der Waals surface area contributed by atoms with Crippen molar-refractivity contribution in [2.24, 2.45) is 0 Å². The first-order valence-electron chi connectivity index (χ1n) is 9.69. The van der Waals surface area contributed by atoms with E-state index in [1.807, 2.05) is 6.07 Å². The van der Waals surface area contributed by atoms with Crippen LogP contribution in [0.25, 0.3) is 6.08 Å². The molecule has 0 saturated heterocycles. The van der Waals surface area contributed by atoms with Crippen LogP contribution in [-0.4, -0.2) is 29.9 Å². The van der Waals surface area contributed by atoms with Crippen molar-refractivity contribution in [1.29, 1.82) is 0 Å². The molecule has 0 aromatic heterocycles. The molecule has 8 nitrogen and oxygen atoms in total. The third-order valence-electron chi connectivity index (χ3n) is 4.96. The third-order valence-corrected chi connectivity index (χ3v) is 4.96. The van der Waals surface area contributed by atoms with Crippen LogP contribution in [0.3, 0.4) is 0 Å². The van der Waals surface area contributed by atoms with Crippen LogP contribution in [0.4, 0.5) is 5.69 Å². The fourth-order valence-corrected chi connectivity index (χ4v) is 3.36. The Labute approximate surface area is 174 Å². The maximum Gasteiger partial charge on any atom is 0.269 e. The van der Waals surface area contributed by atoms with E-state index in [2.05, 4.69) is 10.6 Å². The highest BCUT2D eigenvalue weighted by Gasteiger charge is 2.21. The van der Waals surface area contributed by atoms with Gasteiger partial charge in [-0.25, -0.2) is 0 Å². The van der Waals surface area contributed by atoms with Crippen molar-refractivity contribution in [2.45, 2.75) is 31.7 Å². The monoisotopic (exact) mass is 409 g/mol. The molecule has 1 saturated carbocycles. The van der Waals surface area contributed by atoms with Crippen molar-refractivity contribution in [3.8, 4) is 5.75 Å². The number of hydrogen-bond donors (Lipinski definition) is 2. The van der Waals surface area contributed by atoms with Crippen molar-refractivity contribution in [3.05, 3.63) is 75.5 Å². The number of rotatable bonds is 7. The van der Waals surface area contributed by atoms with Crippen molar-refractivity contribution < 1.29 is 19.2 Å². The van der Waals surface area contributed by atoms with E-state index in [1.54, 1.807) is 24.3 Å². The van der Waals surface area contributed by atoms with Crippen LogP contribution in [0.5, 0.6) is 5.75 Å². The van der Waals surface area contributed by atoms with Crippen LogP contribution < -0.4 is 15.4 Å². The predicted molar refractivity (Wildman–Crippen MR) is 112 cm³/mol. The second-order valence-corrected chi connectivity index (χ2v) is 7.01. The molecule has 1 aliphatic rings. The van der Waals surface area contributed by atoms with Crippen molar-refractivity contribution in [1.82, 2.24) is 10.6 Å². The van der Waals surface area contributed by atoms with Gasteiger partial charge in [0.05, 0.1) is 12.0 Å². The van der Waals surface area contributed by atoms with Gasteiger partial charge in [-0.2, -0.15) is 0 Å². The second-order valence-electron chi connectivity index (χ2n) is 7.01. The molecule has 0 heterocycles. The highest BCUT2D eigenvalue weighted by Crippen LogP contribution is 2.22. The van der Waals surface area contributed by atoms with Crippen molar-refractivity contribution >= 4 is 23.6 Å². The zero-order valence-corrected chi connectivity index (χ0v) is 16.6. The molecule has 30 heavy (non-hydrogen) atoms. The minimum absolute atomic E-state index is 0.0785. The molecular formula is C22H23N3O5. The summed E-state index contributed by atoms with van der Waals surface area (Å²) in [6, 6.07) is 12.4. The van der Waals surface area contributed by atoms with E-state index >= 15 is 0 Å². The number of benzene rings is 2. The number of ether oxygens (including phenoxy) is 1. The smallest absolute Gasteiger partial charge is 0.269 e. The van der Waals surface area contributed by atoms with Crippen molar-refractivity contribution in [3.63, 3.8) is 0 Å². The van der Waals surface area contributed by atoms with E-state index in [0.717, 1.165) is 25.7 Å². The number of nitrogens with zero attached hydrogens (tertiary/aromatic N) is 1. The lowest BCUT2D eigenvalue weighted by molar-refractivity contribution is -0.384. The molecule has 2 N–H and O–H groups in total. The minimum atomic E-state index is -0.538. The van der Waals surface area contributed by atoms with E-state index < -0.39 is 10.8 Å². The normalized spacial score (nSPS) is 14.2. The number of nitro benzene ring substituents is 1. The molecule has 0 atom stereocenters. The fraction of sp³-hybridized carbons (Fsp3) is 0.273. The van der Waals surface area contributed by atoms with Gasteiger partial charge in [0.15, 0.2) is 0 Å². The summed E-state index contributed by atoms with van der Waals surface area (Å²) in [6.45, 7) is 0. The van der Waals surface area contributed by atoms with Gasteiger partial charge >= 0.3 is 0 Å². The summed E-state index contributed by atoms with van der Waals surface area (Å²) in [6.07, 6.45) is 5.50. The molecule has 0 unspecified atom stereocenters. The Morgan fingerprint density at radius 1 is 1.10 bits per heavy atom. The summed E-state index contributed by atoms with van der Waals surface area (Å²) in [5.74, 6) is -0.357. The van der Waals surface area contributed by atoms with Gasteiger partial charge in [0.25, 0.3) is 17.5 Å². The SMILES string of the molecule is COc1ccccc1C=C(NC(=O)c1ccc([N+](=O)[O-])cc1)C(=O)NC1CCCC1. The Kier molecular flexibility index (Phi) is 6.79. The summed E-state index contributed by atoms with van der Waals surface area (Å²) in [5, 5.41) is 16.4. The molecule has 2 aromatic carbocycles. The quantitative estimate of drug-likeness (QED) is 0.413. The van der Waals surface area contributed by atoms with Gasteiger partial charge in [0, 0.05) is 29.3 Å². The molecule has 0 bridgehead atoms. The lowest BCUT2D eigenvalue weighted by Gasteiger charge is -2.15. The molecule has 3 rings (SSSR count). The molecule has 0 aliphatic heterocycles. The second kappa shape index (κ2) is 9.69. The number of amides is 2. The Morgan fingerprint density at radius 3 is 2.40 bits per heavy atom. The molecule has 2 aromatic rings. The van der Waals surface area contributed by atoms with Crippen molar-refractivity contribution in [2.75, 3.05) is 7.11 Å². The van der Waals surface area contributed by atoms with Gasteiger partial charge in [-0.15, -0.1) is 0 Å². The summed E-state index contributed by atoms with van der Waals surface area (Å²) < 4.78 is 5.33. The molecule has 0 spiro atoms. The number of hydrogen-bond acceptors (Lipinski definition) is 5. The number of nitro groups is 1. The zero-order chi connectivity index (χ0) is 21.5. The summed E-state index contributed by atoms with van der Waals surface area (Å²) in [5.41, 5.74) is 0.811. The summed E-state index contributed by atoms with van der Waals surface area (Å²) >= 11 is 0. The number of nitrogens with one attached hydrogen (secondary N) is 2. The van der Waals surface area contributed by atoms with E-state index in [0.29, 0.717) is 11.3 Å². The number of carbonyl (C=O) groups excluding carboxylic acids is 2. The number of methoxy groups -OCH3 is 1. The lowest BCUT2D eigenvalue weighted by atomic mass is 10.1. The van der Waals surface area contributed by atoms with Gasteiger partial charge in [-0.1, -0.05) is 31.0 Å². The number of carbonyl (C=O) groups is 2. The molecule has 0 radical (unpaired) electrons. The molecule has 1 fully saturated rings. The topological polar surface area (TPSA) is 111 Å². The van der Waals surface area contributed by atoms with Crippen LogP contribution in [0.15, 0.2) is 54.2 Å². The Balaban J connectivity index is 1.86. The Bertz CT molecular complexity index is 963. The largest absolute Gasteiger partial charge is 0.496 e. The van der Waals surface area contributed by atoms with Crippen LogP contribution in [0, 0.1) is 10.1 Å². The minimum Gasteiger partial charge on any atom is -0.496 e. The van der Waals surface area contributed by atoms with Crippen LogP contribution in [-0.2, 0) is 4.79 Å². The maximum atomic E-state index is 12.9. The zero-order valence-electron chi connectivity index (χ0n) is 16.6. The first kappa shape index (κ1) is 21.0. The van der Waals surface area contributed by atoms with Gasteiger partial charge in [-0.05, 0) is 37.1 Å². The third kappa shape index (κ3) is 5.22. The maximum absolute atomic E-state index is 12.9. The van der Waals surface area contributed by atoms with E-state index in [9.17, 15) is 19.7 Å². The lowest BCUT2D eigenvalue weighted by Crippen LogP contribution is -2.39. The number of non-ortho nitro benzene ring substituents is 1. The Morgan fingerprint density at radius 2 is 1.77 bits per heavy atom. The molecule has 156 valence electrons. The molecule has 1 aliphatic carbocycles. The highest BCUT2D eigenvalue weighted by molar-refractivity contribution is 6.05. The van der Waals surface area contributed by atoms with Gasteiger partial charge in [0.1, 0.15) is 11.4 Å². The van der Waals surface area contributed by atoms with E-state index in [-0.39, 0.29) is 28.9 Å². The predicted octanol–water partition coefficient (Wildman–Crippen LogP) is 3.43. The average molecular weight is 409 g/mol. The van der Waals surface area contributed by atoms with Crippen LogP contribution in [0.1, 0.15) is 41.6 Å². The first-order chi connectivity index (χ1) is 14.5. The van der Waals surface area contributed by atoms with Gasteiger partial charge in [0.2, 0.25) is 0 Å². The van der Waals surface area contributed by atoms with E-state index in [4.69, 9.17) is 4.74 Å². The first-order valence-corrected chi connectivity index (χ1v) is 9.69. The molecule has 2 amide bonds. The average Bonchev–Trinajstić information content (AvgIpc) is 3.26. The summed E-state index contributed by atoms with van der Waals surface area (Å²) in [7, 11) is 1.53. The van der Waals surface area contributed by atoms with Gasteiger partial charge in [-0.3, -0.25) is 19.7 Å². The molecular weight excluding hydrogens is 386 g/mol. The summed E-state index contributed by atoms with van der Waals surface area (Å²) in [4.78, 5) is 35.8. The highest BCUT2D eigenvalue weighted by atomic mass is 16.6. The van der Waals surface area contributed by atoms with Gasteiger partial charge < -0.3 is 15.4 Å². The fourth-order valence-electron chi connectivity index (χ4n) is 3.36. The van der Waals surface area contributed by atoms with Crippen LogP contribution >= 0.6 is 0 Å². The Hall–Kier alpha value is -3.68. The van der Waals surface area contributed by atoms with E-state index in [1.165, 1.54) is 31.4 Å².